The molecule has 0 radical (unpaired) electrons. The van der Waals surface area contributed by atoms with E-state index in [0.29, 0.717) is 17.6 Å². The maximum Gasteiger partial charge on any atom is 0.230 e. The third-order valence-electron chi connectivity index (χ3n) is 5.47. The fraction of sp³-hybridized carbons (Fsp3) is 0.348. The highest BCUT2D eigenvalue weighted by Gasteiger charge is 2.26. The lowest BCUT2D eigenvalue weighted by Crippen LogP contribution is -2.25. The normalized spacial score (nSPS) is 14.0. The van der Waals surface area contributed by atoms with Crippen molar-refractivity contribution in [2.24, 2.45) is 0 Å². The van der Waals surface area contributed by atoms with Crippen LogP contribution in [-0.2, 0) is 11.3 Å². The lowest BCUT2D eigenvalue weighted by molar-refractivity contribution is -0.118. The number of nitrogens with one attached hydrogen (secondary N) is 1. The molecule has 0 bridgehead atoms. The highest BCUT2D eigenvalue weighted by Crippen LogP contribution is 2.38. The molecule has 0 aliphatic heterocycles. The summed E-state index contributed by atoms with van der Waals surface area (Å²) in [4.78, 5) is 12.5. The van der Waals surface area contributed by atoms with E-state index in [2.05, 4.69) is 20.1 Å². The summed E-state index contributed by atoms with van der Waals surface area (Å²) < 4.78 is 7.52. The van der Waals surface area contributed by atoms with Gasteiger partial charge in [-0.15, -0.1) is 10.2 Å². The lowest BCUT2D eigenvalue weighted by Gasteiger charge is -2.17. The van der Waals surface area contributed by atoms with Gasteiger partial charge in [0.1, 0.15) is 5.75 Å². The van der Waals surface area contributed by atoms with Crippen molar-refractivity contribution >= 4 is 29.3 Å². The predicted molar refractivity (Wildman–Crippen MR) is 124 cm³/mol. The van der Waals surface area contributed by atoms with Crippen LogP contribution in [0, 0.1) is 0 Å². The van der Waals surface area contributed by atoms with E-state index >= 15 is 0 Å². The molecular formula is C23H25ClN4O2S. The number of ether oxygens (including phenoxy) is 1. The summed E-state index contributed by atoms with van der Waals surface area (Å²) in [5.74, 6) is 1.74. The minimum atomic E-state index is -0.0591. The molecule has 1 amide bonds. The summed E-state index contributed by atoms with van der Waals surface area (Å²) in [6.07, 6.45) is 4.55. The predicted octanol–water partition coefficient (Wildman–Crippen LogP) is 5.13. The molecule has 1 saturated carbocycles. The van der Waals surface area contributed by atoms with Crippen LogP contribution < -0.4 is 10.1 Å². The molecule has 6 nitrogen and oxygen atoms in total. The fourth-order valence-corrected chi connectivity index (χ4v) is 4.97. The van der Waals surface area contributed by atoms with Gasteiger partial charge in [0.2, 0.25) is 5.91 Å². The SMILES string of the molecule is COc1ccccc1CNC(=O)CSc1nnc(-c2ccccc2Cl)n1C1CCCC1. The van der Waals surface area contributed by atoms with Gasteiger partial charge in [0.25, 0.3) is 0 Å². The van der Waals surface area contributed by atoms with Crippen LogP contribution in [-0.4, -0.2) is 33.5 Å². The van der Waals surface area contributed by atoms with Gasteiger partial charge >= 0.3 is 0 Å². The third kappa shape index (κ3) is 5.05. The first-order valence-electron chi connectivity index (χ1n) is 10.4. The topological polar surface area (TPSA) is 69.0 Å². The van der Waals surface area contributed by atoms with Gasteiger partial charge in [0.05, 0.1) is 17.9 Å². The number of hydrogen-bond donors (Lipinski definition) is 1. The van der Waals surface area contributed by atoms with Crippen LogP contribution in [0.25, 0.3) is 11.4 Å². The summed E-state index contributed by atoms with van der Waals surface area (Å²) in [6.45, 7) is 0.420. The molecule has 31 heavy (non-hydrogen) atoms. The number of carbonyl (C=O) groups is 1. The second-order valence-electron chi connectivity index (χ2n) is 7.47. The number of aromatic nitrogens is 3. The highest BCUT2D eigenvalue weighted by molar-refractivity contribution is 7.99. The first-order chi connectivity index (χ1) is 15.2. The zero-order valence-electron chi connectivity index (χ0n) is 17.4. The zero-order chi connectivity index (χ0) is 21.6. The van der Waals surface area contributed by atoms with Gasteiger partial charge < -0.3 is 10.1 Å². The van der Waals surface area contributed by atoms with E-state index in [1.165, 1.54) is 24.6 Å². The monoisotopic (exact) mass is 456 g/mol. The Balaban J connectivity index is 1.47. The fourth-order valence-electron chi connectivity index (χ4n) is 3.92. The second kappa shape index (κ2) is 10.2. The average molecular weight is 457 g/mol. The van der Waals surface area contributed by atoms with Gasteiger partial charge in [-0.1, -0.05) is 66.5 Å². The number of para-hydroxylation sites is 1. The largest absolute Gasteiger partial charge is 0.496 e. The molecule has 1 fully saturated rings. The van der Waals surface area contributed by atoms with Gasteiger partial charge in [-0.2, -0.15) is 0 Å². The van der Waals surface area contributed by atoms with E-state index < -0.39 is 0 Å². The summed E-state index contributed by atoms with van der Waals surface area (Å²) in [5, 5.41) is 13.2. The van der Waals surface area contributed by atoms with Crippen LogP contribution in [0.4, 0.5) is 0 Å². The van der Waals surface area contributed by atoms with Gasteiger partial charge in [0, 0.05) is 23.7 Å². The molecule has 1 aliphatic carbocycles. The summed E-state index contributed by atoms with van der Waals surface area (Å²) in [7, 11) is 1.63. The lowest BCUT2D eigenvalue weighted by atomic mass is 10.2. The summed E-state index contributed by atoms with van der Waals surface area (Å²) in [5.41, 5.74) is 1.81. The average Bonchev–Trinajstić information content (AvgIpc) is 3.46. The molecule has 3 aromatic rings. The van der Waals surface area contributed by atoms with E-state index in [1.54, 1.807) is 7.11 Å². The quantitative estimate of drug-likeness (QED) is 0.476. The Kier molecular flexibility index (Phi) is 7.14. The van der Waals surface area contributed by atoms with Crippen molar-refractivity contribution in [2.75, 3.05) is 12.9 Å². The highest BCUT2D eigenvalue weighted by atomic mass is 35.5. The number of hydrogen-bond acceptors (Lipinski definition) is 5. The van der Waals surface area contributed by atoms with Crippen LogP contribution in [0.3, 0.4) is 0 Å². The van der Waals surface area contributed by atoms with Crippen molar-refractivity contribution < 1.29 is 9.53 Å². The van der Waals surface area contributed by atoms with E-state index in [4.69, 9.17) is 16.3 Å². The van der Waals surface area contributed by atoms with Crippen molar-refractivity contribution in [2.45, 2.75) is 43.4 Å². The van der Waals surface area contributed by atoms with Gasteiger partial charge in [-0.3, -0.25) is 9.36 Å². The standard InChI is InChI=1S/C23H25ClN4O2S/c1-30-20-13-7-2-8-16(20)14-25-21(29)15-31-23-27-26-22(18-11-5-6-12-19(18)24)28(23)17-9-3-4-10-17/h2,5-8,11-13,17H,3-4,9-10,14-15H2,1H3,(H,25,29). The number of halogens is 1. The number of carbonyl (C=O) groups excluding carboxylic acids is 1. The molecule has 1 heterocycles. The van der Waals surface area contributed by atoms with E-state index in [-0.39, 0.29) is 11.7 Å². The molecule has 2 aromatic carbocycles. The van der Waals surface area contributed by atoms with Crippen molar-refractivity contribution in [3.8, 4) is 17.1 Å². The molecule has 1 aliphatic rings. The summed E-state index contributed by atoms with van der Waals surface area (Å²) >= 11 is 7.85. The molecule has 0 saturated heterocycles. The molecule has 0 spiro atoms. The van der Waals surface area contributed by atoms with Gasteiger partial charge in [-0.25, -0.2) is 0 Å². The molecule has 0 unspecified atom stereocenters. The van der Waals surface area contributed by atoms with Crippen LogP contribution in [0.5, 0.6) is 5.75 Å². The Labute approximate surface area is 191 Å². The first kappa shape index (κ1) is 21.7. The molecule has 1 N–H and O–H groups in total. The van der Waals surface area contributed by atoms with Crippen molar-refractivity contribution in [1.82, 2.24) is 20.1 Å². The number of amides is 1. The maximum absolute atomic E-state index is 12.5. The molecule has 162 valence electrons. The van der Waals surface area contributed by atoms with Crippen LogP contribution in [0.15, 0.2) is 53.7 Å². The molecule has 0 atom stereocenters. The smallest absolute Gasteiger partial charge is 0.230 e. The minimum absolute atomic E-state index is 0.0591. The molecular weight excluding hydrogens is 432 g/mol. The molecule has 4 rings (SSSR count). The van der Waals surface area contributed by atoms with Gasteiger partial charge in [-0.05, 0) is 31.0 Å². The van der Waals surface area contributed by atoms with Crippen molar-refractivity contribution in [3.05, 3.63) is 59.1 Å². The number of benzene rings is 2. The van der Waals surface area contributed by atoms with Crippen molar-refractivity contribution in [3.63, 3.8) is 0 Å². The minimum Gasteiger partial charge on any atom is -0.496 e. The number of methoxy groups -OCH3 is 1. The number of thioether (sulfide) groups is 1. The van der Waals surface area contributed by atoms with Crippen LogP contribution in [0.2, 0.25) is 5.02 Å². The molecule has 1 aromatic heterocycles. The summed E-state index contributed by atoms with van der Waals surface area (Å²) in [6, 6.07) is 15.7. The van der Waals surface area contributed by atoms with Crippen LogP contribution >= 0.6 is 23.4 Å². The third-order valence-corrected chi connectivity index (χ3v) is 6.74. The first-order valence-corrected chi connectivity index (χ1v) is 11.7. The zero-order valence-corrected chi connectivity index (χ0v) is 19.0. The Bertz CT molecular complexity index is 1050. The Morgan fingerprint density at radius 2 is 1.90 bits per heavy atom. The Morgan fingerprint density at radius 1 is 1.16 bits per heavy atom. The van der Waals surface area contributed by atoms with Crippen LogP contribution in [0.1, 0.15) is 37.3 Å². The molecule has 8 heteroatoms. The van der Waals surface area contributed by atoms with Crippen molar-refractivity contribution in [1.29, 1.82) is 0 Å². The van der Waals surface area contributed by atoms with E-state index in [1.807, 2.05) is 48.5 Å². The van der Waals surface area contributed by atoms with E-state index in [0.717, 1.165) is 40.7 Å². The Hall–Kier alpha value is -2.51. The van der Waals surface area contributed by atoms with E-state index in [9.17, 15) is 4.79 Å². The number of rotatable bonds is 8. The van der Waals surface area contributed by atoms with Gasteiger partial charge in [0.15, 0.2) is 11.0 Å². The Morgan fingerprint density at radius 3 is 2.68 bits per heavy atom. The second-order valence-corrected chi connectivity index (χ2v) is 8.82. The number of nitrogens with zero attached hydrogens (tertiary/aromatic N) is 3. The maximum atomic E-state index is 12.5.